The summed E-state index contributed by atoms with van der Waals surface area (Å²) < 4.78 is 9.40. The van der Waals surface area contributed by atoms with E-state index in [1.165, 1.54) is 16.2 Å². The minimum absolute atomic E-state index is 0.00417. The number of halogens is 1. The molecule has 4 rings (SSSR count). The summed E-state index contributed by atoms with van der Waals surface area (Å²) >= 11 is 3.39. The summed E-state index contributed by atoms with van der Waals surface area (Å²) in [5, 5.41) is 14.9. The van der Waals surface area contributed by atoms with Crippen LogP contribution in [0.5, 0.6) is 5.75 Å². The molecule has 0 fully saturated rings. The van der Waals surface area contributed by atoms with Crippen LogP contribution in [0, 0.1) is 6.92 Å². The van der Waals surface area contributed by atoms with E-state index in [2.05, 4.69) is 36.4 Å². The van der Waals surface area contributed by atoms with Crippen molar-refractivity contribution in [3.63, 3.8) is 0 Å². The summed E-state index contributed by atoms with van der Waals surface area (Å²) in [5.74, 6) is 0.861. The number of para-hydroxylation sites is 1. The second-order valence-electron chi connectivity index (χ2n) is 7.69. The van der Waals surface area contributed by atoms with Crippen molar-refractivity contribution in [2.45, 2.75) is 19.6 Å². The molecule has 0 bridgehead atoms. The van der Waals surface area contributed by atoms with Gasteiger partial charge in [-0.15, -0.1) is 0 Å². The summed E-state index contributed by atoms with van der Waals surface area (Å²) in [4.78, 5) is 31.3. The van der Waals surface area contributed by atoms with Gasteiger partial charge in [0.05, 0.1) is 12.8 Å². The van der Waals surface area contributed by atoms with Crippen LogP contribution < -0.4 is 21.4 Å². The number of nitrogens with one attached hydrogen (secondary N) is 2. The predicted molar refractivity (Wildman–Crippen MR) is 134 cm³/mol. The van der Waals surface area contributed by atoms with E-state index in [-0.39, 0.29) is 30.3 Å². The van der Waals surface area contributed by atoms with Crippen molar-refractivity contribution in [2.75, 3.05) is 12.0 Å². The Labute approximate surface area is 202 Å². The van der Waals surface area contributed by atoms with E-state index in [1.54, 1.807) is 6.21 Å². The molecule has 1 atom stereocenters. The number of aliphatic hydroxyl groups is 1. The average molecular weight is 527 g/mol. The molecule has 0 aliphatic rings. The Balaban J connectivity index is 1.62. The van der Waals surface area contributed by atoms with Crippen molar-refractivity contribution in [2.24, 2.45) is 12.1 Å². The number of aromatic amines is 1. The number of hydrazone groups is 1. The van der Waals surface area contributed by atoms with E-state index < -0.39 is 17.4 Å². The van der Waals surface area contributed by atoms with Crippen LogP contribution >= 0.6 is 15.9 Å². The molecule has 0 saturated heterocycles. The van der Waals surface area contributed by atoms with Gasteiger partial charge in [0.25, 0.3) is 5.56 Å². The minimum Gasteiger partial charge on any atom is -0.491 e. The van der Waals surface area contributed by atoms with E-state index in [0.717, 1.165) is 15.6 Å². The van der Waals surface area contributed by atoms with Gasteiger partial charge in [-0.3, -0.25) is 14.3 Å². The van der Waals surface area contributed by atoms with E-state index in [0.29, 0.717) is 5.75 Å². The van der Waals surface area contributed by atoms with Crippen molar-refractivity contribution in [3.05, 3.63) is 85.0 Å². The molecular weight excluding hydrogens is 504 g/mol. The van der Waals surface area contributed by atoms with Crippen LogP contribution in [0.3, 0.4) is 0 Å². The molecule has 34 heavy (non-hydrogen) atoms. The van der Waals surface area contributed by atoms with Crippen LogP contribution in [0.4, 0.5) is 5.95 Å². The van der Waals surface area contributed by atoms with Crippen molar-refractivity contribution < 1.29 is 9.84 Å². The Morgan fingerprint density at radius 1 is 1.24 bits per heavy atom. The summed E-state index contributed by atoms with van der Waals surface area (Å²) in [6, 6.07) is 15.0. The second kappa shape index (κ2) is 10.1. The number of anilines is 1. The largest absolute Gasteiger partial charge is 0.491 e. The highest BCUT2D eigenvalue weighted by Gasteiger charge is 2.20. The molecule has 0 amide bonds. The fourth-order valence-electron chi connectivity index (χ4n) is 3.38. The van der Waals surface area contributed by atoms with Crippen LogP contribution in [-0.2, 0) is 13.6 Å². The SMILES string of the molecule is Cc1ccccc1OC[C@@H](O)Cn1c(N/N=C/c2ccc(Br)cc2)nc2c1c(=O)[nH]c(=O)n2C. The molecule has 4 aromatic rings. The van der Waals surface area contributed by atoms with E-state index in [1.807, 2.05) is 55.5 Å². The van der Waals surface area contributed by atoms with Crippen molar-refractivity contribution >= 4 is 39.3 Å². The zero-order valence-electron chi connectivity index (χ0n) is 18.5. The Hall–Kier alpha value is -3.70. The number of rotatable bonds is 8. The topological polar surface area (TPSA) is 127 Å². The highest BCUT2D eigenvalue weighted by molar-refractivity contribution is 9.10. The fraction of sp³-hybridized carbons (Fsp3) is 0.217. The molecule has 0 aliphatic heterocycles. The number of fused-ring (bicyclic) bond motifs is 1. The first kappa shape index (κ1) is 23.5. The van der Waals surface area contributed by atoms with Crippen LogP contribution in [0.2, 0.25) is 0 Å². The molecule has 0 saturated carbocycles. The number of ether oxygens (including phenoxy) is 1. The van der Waals surface area contributed by atoms with Gasteiger partial charge in [-0.05, 0) is 36.2 Å². The van der Waals surface area contributed by atoms with Gasteiger partial charge in [0.1, 0.15) is 18.5 Å². The maximum Gasteiger partial charge on any atom is 0.329 e. The fourth-order valence-corrected chi connectivity index (χ4v) is 3.64. The normalized spacial score (nSPS) is 12.4. The first-order valence-corrected chi connectivity index (χ1v) is 11.2. The quantitative estimate of drug-likeness (QED) is 0.239. The molecule has 0 aliphatic carbocycles. The number of imidazole rings is 1. The molecule has 11 heteroatoms. The van der Waals surface area contributed by atoms with Gasteiger partial charge in [0, 0.05) is 11.5 Å². The average Bonchev–Trinajstić information content (AvgIpc) is 3.17. The van der Waals surface area contributed by atoms with Gasteiger partial charge >= 0.3 is 5.69 Å². The van der Waals surface area contributed by atoms with Crippen molar-refractivity contribution in [1.29, 1.82) is 0 Å². The lowest BCUT2D eigenvalue weighted by molar-refractivity contribution is 0.0935. The zero-order valence-corrected chi connectivity index (χ0v) is 20.1. The van der Waals surface area contributed by atoms with Gasteiger partial charge in [-0.1, -0.05) is 46.3 Å². The lowest BCUT2D eigenvalue weighted by Crippen LogP contribution is -2.30. The third-order valence-corrected chi connectivity index (χ3v) is 5.70. The Kier molecular flexibility index (Phi) is 6.94. The van der Waals surface area contributed by atoms with Gasteiger partial charge in [-0.25, -0.2) is 10.2 Å². The van der Waals surface area contributed by atoms with E-state index in [9.17, 15) is 14.7 Å². The van der Waals surface area contributed by atoms with Crippen LogP contribution in [-0.4, -0.2) is 43.1 Å². The molecule has 176 valence electrons. The van der Waals surface area contributed by atoms with E-state index in [4.69, 9.17) is 4.74 Å². The number of aryl methyl sites for hydroxylation is 2. The maximum absolute atomic E-state index is 12.6. The molecule has 2 aromatic carbocycles. The number of benzene rings is 2. The lowest BCUT2D eigenvalue weighted by Gasteiger charge is -2.16. The third-order valence-electron chi connectivity index (χ3n) is 5.17. The van der Waals surface area contributed by atoms with Crippen LogP contribution in [0.1, 0.15) is 11.1 Å². The standard InChI is InChI=1S/C23H23BrN6O4/c1-14-5-3-4-6-18(14)34-13-17(31)12-30-19-20(29(2)23(33)27-21(19)32)26-22(30)28-25-11-15-7-9-16(24)10-8-15/h3-11,17,31H,12-13H2,1-2H3,(H,26,28)(H,27,32,33)/b25-11+/t17-/m0/s1. The molecule has 3 N–H and O–H groups in total. The number of aromatic nitrogens is 4. The summed E-state index contributed by atoms with van der Waals surface area (Å²) in [6.07, 6.45) is 0.626. The van der Waals surface area contributed by atoms with Gasteiger partial charge in [0.15, 0.2) is 11.2 Å². The Bertz CT molecular complexity index is 1460. The minimum atomic E-state index is -0.968. The molecule has 0 unspecified atom stereocenters. The number of hydrogen-bond donors (Lipinski definition) is 3. The van der Waals surface area contributed by atoms with E-state index >= 15 is 0 Å². The zero-order chi connectivity index (χ0) is 24.2. The number of nitrogens with zero attached hydrogens (tertiary/aromatic N) is 4. The predicted octanol–water partition coefficient (Wildman–Crippen LogP) is 2.38. The van der Waals surface area contributed by atoms with Crippen molar-refractivity contribution in [3.8, 4) is 5.75 Å². The lowest BCUT2D eigenvalue weighted by atomic mass is 10.2. The van der Waals surface area contributed by atoms with Gasteiger partial charge in [-0.2, -0.15) is 10.1 Å². The van der Waals surface area contributed by atoms with Crippen molar-refractivity contribution in [1.82, 2.24) is 19.1 Å². The van der Waals surface area contributed by atoms with Crippen LogP contribution in [0.25, 0.3) is 11.2 Å². The summed E-state index contributed by atoms with van der Waals surface area (Å²) in [6.45, 7) is 1.90. The molecule has 2 aromatic heterocycles. The maximum atomic E-state index is 12.6. The highest BCUT2D eigenvalue weighted by atomic mass is 79.9. The number of hydrogen-bond acceptors (Lipinski definition) is 7. The van der Waals surface area contributed by atoms with Gasteiger partial charge < -0.3 is 14.4 Å². The molecule has 2 heterocycles. The molecular formula is C23H23BrN6O4. The Morgan fingerprint density at radius 2 is 1.97 bits per heavy atom. The molecule has 0 radical (unpaired) electrons. The first-order chi connectivity index (χ1) is 16.3. The smallest absolute Gasteiger partial charge is 0.329 e. The second-order valence-corrected chi connectivity index (χ2v) is 8.60. The molecule has 0 spiro atoms. The summed E-state index contributed by atoms with van der Waals surface area (Å²) in [7, 11) is 1.50. The first-order valence-electron chi connectivity index (χ1n) is 10.4. The third kappa shape index (κ3) is 5.10. The Morgan fingerprint density at radius 3 is 2.71 bits per heavy atom. The van der Waals surface area contributed by atoms with Crippen LogP contribution in [0.15, 0.2) is 67.7 Å². The molecule has 10 nitrogen and oxygen atoms in total. The summed E-state index contributed by atoms with van der Waals surface area (Å²) in [5.41, 5.74) is 3.71. The number of H-pyrrole nitrogens is 1. The monoisotopic (exact) mass is 526 g/mol. The highest BCUT2D eigenvalue weighted by Crippen LogP contribution is 2.19. The number of aliphatic hydroxyl groups excluding tert-OH is 1. The van der Waals surface area contributed by atoms with Gasteiger partial charge in [0.2, 0.25) is 5.95 Å².